The molecule has 0 fully saturated rings. The van der Waals surface area contributed by atoms with Crippen LogP contribution in [0.5, 0.6) is 5.75 Å². The normalized spacial score (nSPS) is 8.93. The molecule has 0 aromatic heterocycles. The van der Waals surface area contributed by atoms with E-state index in [9.17, 15) is 4.79 Å². The average molecular weight is 189 g/mol. The molecule has 1 rings (SSSR count). The minimum absolute atomic E-state index is 0.0559. The SMILES string of the molecule is Cc1cc(O)ccc1C#CCC(N)=O. The largest absolute Gasteiger partial charge is 0.508 e. The van der Waals surface area contributed by atoms with E-state index in [0.29, 0.717) is 0 Å². The van der Waals surface area contributed by atoms with Crippen LogP contribution in [-0.2, 0) is 4.79 Å². The van der Waals surface area contributed by atoms with E-state index in [1.54, 1.807) is 18.2 Å². The van der Waals surface area contributed by atoms with Gasteiger partial charge in [0.1, 0.15) is 5.75 Å². The van der Waals surface area contributed by atoms with Gasteiger partial charge in [0.25, 0.3) is 0 Å². The Balaban J connectivity index is 2.85. The molecule has 3 N–H and O–H groups in total. The van der Waals surface area contributed by atoms with Crippen molar-refractivity contribution in [2.24, 2.45) is 5.73 Å². The number of nitrogens with two attached hydrogens (primary N) is 1. The van der Waals surface area contributed by atoms with E-state index in [1.165, 1.54) is 0 Å². The Morgan fingerprint density at radius 1 is 1.57 bits per heavy atom. The number of benzene rings is 1. The van der Waals surface area contributed by atoms with Crippen molar-refractivity contribution in [1.82, 2.24) is 0 Å². The summed E-state index contributed by atoms with van der Waals surface area (Å²) in [7, 11) is 0. The first-order valence-electron chi connectivity index (χ1n) is 4.16. The van der Waals surface area contributed by atoms with E-state index >= 15 is 0 Å². The minimum atomic E-state index is -0.436. The van der Waals surface area contributed by atoms with E-state index in [0.717, 1.165) is 11.1 Å². The smallest absolute Gasteiger partial charge is 0.229 e. The van der Waals surface area contributed by atoms with Crippen LogP contribution in [0.4, 0.5) is 0 Å². The molecule has 0 radical (unpaired) electrons. The van der Waals surface area contributed by atoms with Gasteiger partial charge < -0.3 is 10.8 Å². The second kappa shape index (κ2) is 4.33. The van der Waals surface area contributed by atoms with E-state index in [1.807, 2.05) is 6.92 Å². The third-order valence-corrected chi connectivity index (χ3v) is 1.70. The third-order valence-electron chi connectivity index (χ3n) is 1.70. The van der Waals surface area contributed by atoms with Crippen LogP contribution in [0.1, 0.15) is 17.5 Å². The number of carbonyl (C=O) groups is 1. The van der Waals surface area contributed by atoms with Gasteiger partial charge in [0.2, 0.25) is 5.91 Å². The van der Waals surface area contributed by atoms with Crippen molar-refractivity contribution in [3.63, 3.8) is 0 Å². The van der Waals surface area contributed by atoms with Crippen LogP contribution < -0.4 is 5.73 Å². The van der Waals surface area contributed by atoms with E-state index in [4.69, 9.17) is 10.8 Å². The summed E-state index contributed by atoms with van der Waals surface area (Å²) in [6.07, 6.45) is 0.0559. The first kappa shape index (κ1) is 10.1. The lowest BCUT2D eigenvalue weighted by molar-refractivity contribution is -0.117. The van der Waals surface area contributed by atoms with Crippen LogP contribution in [0, 0.1) is 18.8 Å². The summed E-state index contributed by atoms with van der Waals surface area (Å²) in [6.45, 7) is 1.84. The molecule has 3 nitrogen and oxygen atoms in total. The van der Waals surface area contributed by atoms with Crippen LogP contribution in [0.3, 0.4) is 0 Å². The molecule has 0 saturated carbocycles. The Morgan fingerprint density at radius 2 is 2.29 bits per heavy atom. The van der Waals surface area contributed by atoms with Gasteiger partial charge in [-0.05, 0) is 30.7 Å². The van der Waals surface area contributed by atoms with E-state index < -0.39 is 5.91 Å². The number of carbonyl (C=O) groups excluding carboxylic acids is 1. The summed E-state index contributed by atoms with van der Waals surface area (Å²) in [5, 5.41) is 9.13. The summed E-state index contributed by atoms with van der Waals surface area (Å²) >= 11 is 0. The topological polar surface area (TPSA) is 63.3 Å². The maximum absolute atomic E-state index is 10.4. The quantitative estimate of drug-likeness (QED) is 0.645. The summed E-state index contributed by atoms with van der Waals surface area (Å²) in [6, 6.07) is 4.88. The van der Waals surface area contributed by atoms with Crippen molar-refractivity contribution in [1.29, 1.82) is 0 Å². The van der Waals surface area contributed by atoms with Crippen molar-refractivity contribution >= 4 is 5.91 Å². The van der Waals surface area contributed by atoms with Crippen LogP contribution >= 0.6 is 0 Å². The number of phenols is 1. The van der Waals surface area contributed by atoms with E-state index in [2.05, 4.69) is 11.8 Å². The molecular formula is C11H11NO2. The molecule has 14 heavy (non-hydrogen) atoms. The molecule has 0 aliphatic carbocycles. The highest BCUT2D eigenvalue weighted by molar-refractivity contribution is 5.76. The lowest BCUT2D eigenvalue weighted by atomic mass is 10.1. The van der Waals surface area contributed by atoms with Gasteiger partial charge in [-0.25, -0.2) is 0 Å². The molecule has 1 aromatic rings. The van der Waals surface area contributed by atoms with Gasteiger partial charge >= 0.3 is 0 Å². The summed E-state index contributed by atoms with van der Waals surface area (Å²) in [4.78, 5) is 10.4. The van der Waals surface area contributed by atoms with E-state index in [-0.39, 0.29) is 12.2 Å². The number of hydrogen-bond donors (Lipinski definition) is 2. The predicted molar refractivity (Wildman–Crippen MR) is 53.5 cm³/mol. The standard InChI is InChI=1S/C11H11NO2/c1-8-7-10(13)6-5-9(8)3-2-4-11(12)14/h5-7,13H,4H2,1H3,(H2,12,14). The first-order valence-corrected chi connectivity index (χ1v) is 4.16. The Labute approximate surface area is 82.6 Å². The lowest BCUT2D eigenvalue weighted by Gasteiger charge is -1.97. The number of aromatic hydroxyl groups is 1. The average Bonchev–Trinajstić information content (AvgIpc) is 2.08. The summed E-state index contributed by atoms with van der Waals surface area (Å²) in [5.74, 6) is 5.24. The Bertz CT molecular complexity index is 413. The molecule has 0 spiro atoms. The molecule has 72 valence electrons. The van der Waals surface area contributed by atoms with Gasteiger partial charge in [0, 0.05) is 5.56 Å². The van der Waals surface area contributed by atoms with Crippen LogP contribution in [0.15, 0.2) is 18.2 Å². The maximum Gasteiger partial charge on any atom is 0.229 e. The number of phenolic OH excluding ortho intramolecular Hbond substituents is 1. The number of aryl methyl sites for hydroxylation is 1. The van der Waals surface area contributed by atoms with Crippen LogP contribution in [0.25, 0.3) is 0 Å². The molecule has 0 atom stereocenters. The number of hydrogen-bond acceptors (Lipinski definition) is 2. The highest BCUT2D eigenvalue weighted by Crippen LogP contribution is 2.14. The zero-order valence-corrected chi connectivity index (χ0v) is 7.87. The van der Waals surface area contributed by atoms with Crippen molar-refractivity contribution in [2.75, 3.05) is 0 Å². The number of amides is 1. The summed E-state index contributed by atoms with van der Waals surface area (Å²) in [5.41, 5.74) is 6.61. The molecule has 0 aliphatic rings. The monoisotopic (exact) mass is 189 g/mol. The molecule has 0 bridgehead atoms. The molecule has 0 unspecified atom stereocenters. The second-order valence-corrected chi connectivity index (χ2v) is 2.94. The van der Waals surface area contributed by atoms with Crippen molar-refractivity contribution in [3.8, 4) is 17.6 Å². The molecule has 0 aliphatic heterocycles. The molecule has 3 heteroatoms. The Kier molecular flexibility index (Phi) is 3.14. The maximum atomic E-state index is 10.4. The molecular weight excluding hydrogens is 178 g/mol. The molecule has 0 heterocycles. The Morgan fingerprint density at radius 3 is 2.86 bits per heavy atom. The molecule has 0 saturated heterocycles. The fraction of sp³-hybridized carbons (Fsp3) is 0.182. The molecule has 1 amide bonds. The fourth-order valence-electron chi connectivity index (χ4n) is 1.01. The molecule has 1 aromatic carbocycles. The van der Waals surface area contributed by atoms with Gasteiger partial charge in [0.15, 0.2) is 0 Å². The predicted octanol–water partition coefficient (Wildman–Crippen LogP) is 0.928. The lowest BCUT2D eigenvalue weighted by Crippen LogP contribution is -2.08. The van der Waals surface area contributed by atoms with Crippen molar-refractivity contribution in [3.05, 3.63) is 29.3 Å². The van der Waals surface area contributed by atoms with Gasteiger partial charge in [-0.2, -0.15) is 0 Å². The van der Waals surface area contributed by atoms with Crippen LogP contribution in [-0.4, -0.2) is 11.0 Å². The number of rotatable bonds is 1. The van der Waals surface area contributed by atoms with Crippen LogP contribution in [0.2, 0.25) is 0 Å². The second-order valence-electron chi connectivity index (χ2n) is 2.94. The fourth-order valence-corrected chi connectivity index (χ4v) is 1.01. The van der Waals surface area contributed by atoms with Gasteiger partial charge in [-0.3, -0.25) is 4.79 Å². The van der Waals surface area contributed by atoms with Gasteiger partial charge in [-0.15, -0.1) is 0 Å². The zero-order valence-electron chi connectivity index (χ0n) is 7.87. The summed E-state index contributed by atoms with van der Waals surface area (Å²) < 4.78 is 0. The highest BCUT2D eigenvalue weighted by atomic mass is 16.3. The van der Waals surface area contributed by atoms with Crippen molar-refractivity contribution in [2.45, 2.75) is 13.3 Å². The van der Waals surface area contributed by atoms with Gasteiger partial charge in [-0.1, -0.05) is 11.8 Å². The number of primary amides is 1. The third kappa shape index (κ3) is 2.83. The van der Waals surface area contributed by atoms with Crippen molar-refractivity contribution < 1.29 is 9.90 Å². The minimum Gasteiger partial charge on any atom is -0.508 e. The zero-order chi connectivity index (χ0) is 10.6. The Hall–Kier alpha value is -1.95. The van der Waals surface area contributed by atoms with Gasteiger partial charge in [0.05, 0.1) is 6.42 Å². The highest BCUT2D eigenvalue weighted by Gasteiger charge is 1.95. The first-order chi connectivity index (χ1) is 6.59.